The summed E-state index contributed by atoms with van der Waals surface area (Å²) < 4.78 is 17.9. The van der Waals surface area contributed by atoms with Crippen molar-refractivity contribution in [1.82, 2.24) is 21.3 Å². The number of aliphatic hydroxyl groups excluding tert-OH is 3. The molecule has 0 aromatic rings. The minimum Gasteiger partial charge on any atom is -0.387 e. The molecular formula is C31H52N4O8P2. The van der Waals surface area contributed by atoms with Crippen LogP contribution in [0.25, 0.3) is 0 Å². The van der Waals surface area contributed by atoms with Gasteiger partial charge in [-0.15, -0.1) is 26.4 Å². The Morgan fingerprint density at radius 2 is 1.33 bits per heavy atom. The van der Waals surface area contributed by atoms with E-state index in [0.717, 1.165) is 18.7 Å². The molecule has 254 valence electrons. The van der Waals surface area contributed by atoms with Gasteiger partial charge in [0.2, 0.25) is 0 Å². The number of hydrogen-bond acceptors (Lipinski definition) is 8. The monoisotopic (exact) mass is 670 g/mol. The number of nitrogens with one attached hydrogen (secondary N) is 4. The summed E-state index contributed by atoms with van der Waals surface area (Å²) in [7, 11) is 0. The summed E-state index contributed by atoms with van der Waals surface area (Å²) in [5, 5.41) is 41.6. The van der Waals surface area contributed by atoms with Crippen molar-refractivity contribution in [1.29, 1.82) is 0 Å². The standard InChI is InChI=1S/C15H23N2O4P.C15H25N2O4P.CH4/c1-9-10(7-16-14(19)17-9)11-12-13(18)15(21-11,8-20-12)5-6-22(2,3)4;1-9-10(8-16-14(20)17-9)12-11(18)13(19)15(2,21-12)6-7-22(3,4)5;/h7,11-13,18H,1-2,5-6,8H2,3-4H3,(H2,16,17,19);8,11-13,18-19H,1,3,6-7H2,2,4-5H3,(H2,16,17,20);1H4/t11-,12?,13-,15-;11?,12-,13-,15+;/m00./s1. The molecule has 0 radical (unpaired) electrons. The molecule has 3 saturated heterocycles. The molecule has 8 atom stereocenters. The lowest BCUT2D eigenvalue weighted by molar-refractivity contribution is -0.132. The lowest BCUT2D eigenvalue weighted by Gasteiger charge is -2.34. The van der Waals surface area contributed by atoms with Crippen molar-refractivity contribution >= 4 is 38.4 Å². The van der Waals surface area contributed by atoms with E-state index in [2.05, 4.69) is 73.7 Å². The van der Waals surface area contributed by atoms with Crippen LogP contribution >= 0.6 is 13.8 Å². The van der Waals surface area contributed by atoms with E-state index in [-0.39, 0.29) is 19.5 Å². The molecule has 0 aromatic carbocycles. The van der Waals surface area contributed by atoms with E-state index in [9.17, 15) is 24.9 Å². The van der Waals surface area contributed by atoms with E-state index < -0.39 is 61.6 Å². The van der Waals surface area contributed by atoms with Gasteiger partial charge in [-0.3, -0.25) is 0 Å². The summed E-state index contributed by atoms with van der Waals surface area (Å²) in [6, 6.07) is -0.704. The van der Waals surface area contributed by atoms with Gasteiger partial charge in [0.1, 0.15) is 42.2 Å². The van der Waals surface area contributed by atoms with Crippen LogP contribution in [0.5, 0.6) is 0 Å². The second-order valence-electron chi connectivity index (χ2n) is 13.8. The minimum atomic E-state index is -1.25. The van der Waals surface area contributed by atoms with Crippen LogP contribution in [0.15, 0.2) is 48.1 Å². The molecule has 7 N–H and O–H groups in total. The third kappa shape index (κ3) is 8.24. The average Bonchev–Trinajstić information content (AvgIpc) is 3.46. The highest BCUT2D eigenvalue weighted by atomic mass is 31.2. The topological polar surface area (TPSA) is 171 Å². The van der Waals surface area contributed by atoms with E-state index in [0.29, 0.717) is 35.6 Å². The Kier molecular flexibility index (Phi) is 11.2. The van der Waals surface area contributed by atoms with Crippen molar-refractivity contribution in [3.05, 3.63) is 48.1 Å². The molecule has 5 aliphatic heterocycles. The summed E-state index contributed by atoms with van der Waals surface area (Å²) >= 11 is 0. The molecule has 4 amide bonds. The second kappa shape index (κ2) is 13.5. The maximum atomic E-state index is 11.3. The molecule has 12 nitrogen and oxygen atoms in total. The molecule has 45 heavy (non-hydrogen) atoms. The Bertz CT molecular complexity index is 1320. The van der Waals surface area contributed by atoms with Gasteiger partial charge in [-0.05, 0) is 58.7 Å². The summed E-state index contributed by atoms with van der Waals surface area (Å²) in [6.45, 7) is 15.9. The number of amides is 4. The number of carbonyl (C=O) groups excluding carboxylic acids is 2. The molecule has 14 heteroatoms. The molecule has 0 spiro atoms. The van der Waals surface area contributed by atoms with Crippen molar-refractivity contribution in [3.8, 4) is 0 Å². The van der Waals surface area contributed by atoms with E-state index in [1.165, 1.54) is 6.20 Å². The maximum absolute atomic E-state index is 11.3. The number of rotatable bonds is 8. The summed E-state index contributed by atoms with van der Waals surface area (Å²) in [5.41, 5.74) is 0.591. The van der Waals surface area contributed by atoms with Crippen molar-refractivity contribution in [2.45, 2.75) is 75.0 Å². The van der Waals surface area contributed by atoms with Gasteiger partial charge in [-0.25, -0.2) is 9.59 Å². The van der Waals surface area contributed by atoms with E-state index in [1.807, 2.05) is 0 Å². The van der Waals surface area contributed by atoms with Gasteiger partial charge < -0.3 is 50.8 Å². The highest BCUT2D eigenvalue weighted by Crippen LogP contribution is 2.48. The highest BCUT2D eigenvalue weighted by Gasteiger charge is 2.61. The Balaban J connectivity index is 0.000000240. The van der Waals surface area contributed by atoms with Gasteiger partial charge >= 0.3 is 12.1 Å². The van der Waals surface area contributed by atoms with Crippen molar-refractivity contribution in [3.63, 3.8) is 0 Å². The van der Waals surface area contributed by atoms with Crippen LogP contribution in [0, 0.1) is 0 Å². The van der Waals surface area contributed by atoms with Crippen LogP contribution in [0.2, 0.25) is 0 Å². The lowest BCUT2D eigenvalue weighted by atomic mass is 9.92. The van der Waals surface area contributed by atoms with Gasteiger partial charge in [0.25, 0.3) is 0 Å². The lowest BCUT2D eigenvalue weighted by Crippen LogP contribution is -2.44. The second-order valence-corrected chi connectivity index (χ2v) is 22.4. The number of carbonyl (C=O) groups is 2. The average molecular weight is 671 g/mol. The Hall–Kier alpha value is -2.14. The number of hydrogen-bond donors (Lipinski definition) is 7. The van der Waals surface area contributed by atoms with E-state index in [4.69, 9.17) is 14.2 Å². The molecule has 3 fully saturated rings. The minimum absolute atomic E-state index is 0. The molecule has 0 saturated carbocycles. The SMILES string of the molecule is C.C=C1NC(=O)NC=C1[C@@H]1O[C@@]2(CCP(=C)(C)C)COC1[C@@H]2O.C=C1NC(=O)NC=C1[C@@H]1O[C@](C)(CCP(=C)(C)C)[C@@H](O)C1O. The summed E-state index contributed by atoms with van der Waals surface area (Å²) in [4.78, 5) is 22.5. The first-order chi connectivity index (χ1) is 20.3. The van der Waals surface area contributed by atoms with Gasteiger partial charge in [0.15, 0.2) is 0 Å². The molecule has 5 rings (SSSR count). The van der Waals surface area contributed by atoms with Crippen LogP contribution < -0.4 is 21.3 Å². The van der Waals surface area contributed by atoms with Gasteiger partial charge in [-0.2, -0.15) is 0 Å². The third-order valence-electron chi connectivity index (χ3n) is 8.60. The maximum Gasteiger partial charge on any atom is 0.323 e. The molecule has 5 aliphatic rings. The van der Waals surface area contributed by atoms with Crippen LogP contribution in [0.4, 0.5) is 9.59 Å². The van der Waals surface area contributed by atoms with Gasteiger partial charge in [0, 0.05) is 34.9 Å². The van der Waals surface area contributed by atoms with Gasteiger partial charge in [0.05, 0.1) is 12.2 Å². The normalized spacial score (nSPS) is 36.0. The van der Waals surface area contributed by atoms with Crippen LogP contribution in [0.3, 0.4) is 0 Å². The number of fused-ring (bicyclic) bond motifs is 2. The molecule has 0 aromatic heterocycles. The molecule has 0 aliphatic carbocycles. The zero-order valence-corrected chi connectivity index (χ0v) is 28.0. The van der Waals surface area contributed by atoms with Crippen molar-refractivity contribution in [2.75, 3.05) is 45.6 Å². The molecule has 2 bridgehead atoms. The molecule has 5 heterocycles. The Morgan fingerprint density at radius 3 is 1.82 bits per heavy atom. The predicted molar refractivity (Wildman–Crippen MR) is 184 cm³/mol. The largest absolute Gasteiger partial charge is 0.387 e. The fourth-order valence-corrected chi connectivity index (χ4v) is 7.83. The number of urea groups is 2. The highest BCUT2D eigenvalue weighted by molar-refractivity contribution is 7.72. The number of ether oxygens (including phenoxy) is 3. The molecule has 2 unspecified atom stereocenters. The summed E-state index contributed by atoms with van der Waals surface area (Å²) in [6.07, 6.45) is 10.2. The Morgan fingerprint density at radius 1 is 0.844 bits per heavy atom. The first-order valence-electron chi connectivity index (χ1n) is 14.6. The van der Waals surface area contributed by atoms with Crippen molar-refractivity contribution in [2.24, 2.45) is 0 Å². The Labute approximate surface area is 267 Å². The zero-order valence-electron chi connectivity index (χ0n) is 26.3. The first kappa shape index (κ1) is 37.3. The fraction of sp³-hybridized carbons (Fsp3) is 0.613. The van der Waals surface area contributed by atoms with Crippen LogP contribution in [-0.2, 0) is 14.2 Å². The zero-order chi connectivity index (χ0) is 32.8. The van der Waals surface area contributed by atoms with Crippen LogP contribution in [-0.4, -0.2) is 133 Å². The number of aliphatic hydroxyl groups is 3. The van der Waals surface area contributed by atoms with Gasteiger partial charge in [-0.1, -0.05) is 20.6 Å². The quantitative estimate of drug-likeness (QED) is 0.192. The van der Waals surface area contributed by atoms with E-state index >= 15 is 0 Å². The van der Waals surface area contributed by atoms with E-state index in [1.54, 1.807) is 13.1 Å². The first-order valence-corrected chi connectivity index (χ1v) is 20.7. The molecular weight excluding hydrogens is 618 g/mol. The van der Waals surface area contributed by atoms with Crippen LogP contribution in [0.1, 0.15) is 27.2 Å². The third-order valence-corrected chi connectivity index (χ3v) is 11.5. The van der Waals surface area contributed by atoms with Crippen molar-refractivity contribution < 1.29 is 39.1 Å². The fourth-order valence-electron chi connectivity index (χ4n) is 5.80. The predicted octanol–water partition coefficient (Wildman–Crippen LogP) is 2.00. The summed E-state index contributed by atoms with van der Waals surface area (Å²) in [5.74, 6) is 0. The smallest absolute Gasteiger partial charge is 0.323 e.